The third-order valence-electron chi connectivity index (χ3n) is 4.20. The number of rotatable bonds is 5. The molecule has 3 aromatic carbocycles. The molecule has 0 aliphatic rings. The van der Waals surface area contributed by atoms with Crippen LogP contribution < -0.4 is 4.74 Å². The lowest BCUT2D eigenvalue weighted by Crippen LogP contribution is -1.97. The van der Waals surface area contributed by atoms with Gasteiger partial charge < -0.3 is 9.15 Å². The highest BCUT2D eigenvalue weighted by Gasteiger charge is 2.19. The zero-order valence-electron chi connectivity index (χ0n) is 14.6. The van der Waals surface area contributed by atoms with Crippen LogP contribution in [0, 0.1) is 10.1 Å². The van der Waals surface area contributed by atoms with Crippen LogP contribution >= 0.6 is 0 Å². The van der Waals surface area contributed by atoms with Gasteiger partial charge in [0.15, 0.2) is 11.3 Å². The molecule has 0 fully saturated rings. The van der Waals surface area contributed by atoms with Gasteiger partial charge >= 0.3 is 5.69 Å². The van der Waals surface area contributed by atoms with Crippen molar-refractivity contribution in [3.8, 4) is 28.3 Å². The summed E-state index contributed by atoms with van der Waals surface area (Å²) in [5, 5.41) is 11.3. The minimum absolute atomic E-state index is 0.110. The van der Waals surface area contributed by atoms with E-state index in [0.717, 1.165) is 11.1 Å². The number of hydrogen-bond acceptors (Lipinski definition) is 5. The monoisotopic (exact) mass is 360 g/mol. The molecule has 6 nitrogen and oxygen atoms in total. The number of ether oxygens (including phenoxy) is 1. The van der Waals surface area contributed by atoms with Crippen LogP contribution in [0.25, 0.3) is 33.7 Å². The Balaban J connectivity index is 1.76. The normalized spacial score (nSPS) is 10.9. The number of nitrogens with zero attached hydrogens (tertiary/aromatic N) is 2. The molecular weight excluding hydrogens is 344 g/mol. The van der Waals surface area contributed by atoms with Crippen LogP contribution in [-0.4, -0.2) is 16.5 Å². The second-order valence-corrected chi connectivity index (χ2v) is 5.94. The minimum atomic E-state index is -0.468. The first-order valence-corrected chi connectivity index (χ1v) is 8.53. The van der Waals surface area contributed by atoms with Gasteiger partial charge in [0.1, 0.15) is 5.52 Å². The van der Waals surface area contributed by atoms with Crippen LogP contribution in [0.3, 0.4) is 0 Å². The molecule has 0 unspecified atom stereocenters. The van der Waals surface area contributed by atoms with E-state index in [9.17, 15) is 10.1 Å². The number of fused-ring (bicyclic) bond motifs is 1. The van der Waals surface area contributed by atoms with Crippen molar-refractivity contribution in [1.82, 2.24) is 4.98 Å². The van der Waals surface area contributed by atoms with E-state index in [1.54, 1.807) is 19.1 Å². The number of nitro groups is 1. The Morgan fingerprint density at radius 2 is 1.78 bits per heavy atom. The highest BCUT2D eigenvalue weighted by Crippen LogP contribution is 2.34. The van der Waals surface area contributed by atoms with E-state index in [-0.39, 0.29) is 11.4 Å². The minimum Gasteiger partial charge on any atom is -0.487 e. The lowest BCUT2D eigenvalue weighted by molar-refractivity contribution is -0.385. The molecule has 0 saturated carbocycles. The summed E-state index contributed by atoms with van der Waals surface area (Å²) >= 11 is 0. The number of nitro benzene ring substituents is 1. The fourth-order valence-electron chi connectivity index (χ4n) is 2.93. The smallest absolute Gasteiger partial charge is 0.311 e. The van der Waals surface area contributed by atoms with Crippen molar-refractivity contribution in [2.75, 3.05) is 6.61 Å². The first kappa shape index (κ1) is 16.8. The van der Waals surface area contributed by atoms with Crippen LogP contribution in [0.15, 0.2) is 71.1 Å². The highest BCUT2D eigenvalue weighted by atomic mass is 16.6. The molecule has 0 atom stereocenters. The average molecular weight is 360 g/mol. The van der Waals surface area contributed by atoms with Gasteiger partial charge in [-0.3, -0.25) is 10.1 Å². The third kappa shape index (κ3) is 3.25. The van der Waals surface area contributed by atoms with Gasteiger partial charge in [-0.25, -0.2) is 4.98 Å². The van der Waals surface area contributed by atoms with E-state index in [2.05, 4.69) is 4.98 Å². The maximum atomic E-state index is 11.3. The van der Waals surface area contributed by atoms with Gasteiger partial charge in [0.25, 0.3) is 0 Å². The molecule has 0 bridgehead atoms. The molecular formula is C21H16N2O4. The van der Waals surface area contributed by atoms with Gasteiger partial charge in [0.2, 0.25) is 5.89 Å². The lowest BCUT2D eigenvalue weighted by atomic mass is 10.1. The summed E-state index contributed by atoms with van der Waals surface area (Å²) in [4.78, 5) is 15.4. The van der Waals surface area contributed by atoms with Crippen LogP contribution in [0.5, 0.6) is 5.75 Å². The number of oxazole rings is 1. The van der Waals surface area contributed by atoms with Gasteiger partial charge in [-0.1, -0.05) is 36.4 Å². The fourth-order valence-corrected chi connectivity index (χ4v) is 2.93. The molecule has 0 aliphatic carbocycles. The van der Waals surface area contributed by atoms with Crippen molar-refractivity contribution in [2.24, 2.45) is 0 Å². The van der Waals surface area contributed by atoms with E-state index < -0.39 is 4.92 Å². The van der Waals surface area contributed by atoms with E-state index in [1.165, 1.54) is 6.07 Å². The van der Waals surface area contributed by atoms with Crippen LogP contribution in [0.2, 0.25) is 0 Å². The Labute approximate surface area is 155 Å². The van der Waals surface area contributed by atoms with Gasteiger partial charge in [-0.15, -0.1) is 0 Å². The number of hydrogen-bond donors (Lipinski definition) is 0. The topological polar surface area (TPSA) is 78.4 Å². The summed E-state index contributed by atoms with van der Waals surface area (Å²) in [5.74, 6) is 0.565. The van der Waals surface area contributed by atoms with Gasteiger partial charge in [-0.2, -0.15) is 0 Å². The van der Waals surface area contributed by atoms with Crippen LogP contribution in [0.1, 0.15) is 6.92 Å². The fraction of sp³-hybridized carbons (Fsp3) is 0.0952. The van der Waals surface area contributed by atoms with E-state index in [4.69, 9.17) is 9.15 Å². The zero-order valence-corrected chi connectivity index (χ0v) is 14.6. The molecule has 0 amide bonds. The van der Waals surface area contributed by atoms with Gasteiger partial charge in [0, 0.05) is 11.6 Å². The van der Waals surface area contributed by atoms with Crippen LogP contribution in [0.4, 0.5) is 5.69 Å². The first-order valence-electron chi connectivity index (χ1n) is 8.53. The summed E-state index contributed by atoms with van der Waals surface area (Å²) in [6.07, 6.45) is 0. The molecule has 4 rings (SSSR count). The van der Waals surface area contributed by atoms with Crippen molar-refractivity contribution in [2.45, 2.75) is 6.92 Å². The molecule has 4 aromatic rings. The van der Waals surface area contributed by atoms with E-state index in [0.29, 0.717) is 29.2 Å². The Morgan fingerprint density at radius 3 is 2.52 bits per heavy atom. The number of aromatic nitrogens is 1. The Morgan fingerprint density at radius 1 is 1.00 bits per heavy atom. The lowest BCUT2D eigenvalue weighted by Gasteiger charge is -2.04. The highest BCUT2D eigenvalue weighted by molar-refractivity contribution is 5.82. The molecule has 0 radical (unpaired) electrons. The van der Waals surface area contributed by atoms with E-state index in [1.807, 2.05) is 48.5 Å². The second kappa shape index (κ2) is 6.92. The van der Waals surface area contributed by atoms with Crippen molar-refractivity contribution in [3.05, 3.63) is 76.8 Å². The molecule has 6 heteroatoms. The summed E-state index contributed by atoms with van der Waals surface area (Å²) in [7, 11) is 0. The third-order valence-corrected chi connectivity index (χ3v) is 4.20. The number of benzene rings is 3. The molecule has 1 aromatic heterocycles. The average Bonchev–Trinajstić information content (AvgIpc) is 3.12. The standard InChI is InChI=1S/C21H16N2O4/c1-2-26-20-11-9-16(13-18(20)23(24)25)21-22-17-12-15(8-10-19(17)27-21)14-6-4-3-5-7-14/h3-13H,2H2,1H3. The predicted octanol–water partition coefficient (Wildman–Crippen LogP) is 5.47. The summed E-state index contributed by atoms with van der Waals surface area (Å²) in [6, 6.07) is 20.4. The van der Waals surface area contributed by atoms with Crippen molar-refractivity contribution in [1.29, 1.82) is 0 Å². The molecule has 0 spiro atoms. The zero-order chi connectivity index (χ0) is 18.8. The molecule has 0 aliphatic heterocycles. The molecule has 134 valence electrons. The second-order valence-electron chi connectivity index (χ2n) is 5.94. The van der Waals surface area contributed by atoms with E-state index >= 15 is 0 Å². The molecule has 0 N–H and O–H groups in total. The van der Waals surface area contributed by atoms with Gasteiger partial charge in [0.05, 0.1) is 11.5 Å². The van der Waals surface area contributed by atoms with Crippen LogP contribution in [-0.2, 0) is 0 Å². The maximum absolute atomic E-state index is 11.3. The van der Waals surface area contributed by atoms with Crippen molar-refractivity contribution < 1.29 is 14.1 Å². The summed E-state index contributed by atoms with van der Waals surface area (Å²) in [6.45, 7) is 2.13. The Hall–Kier alpha value is -3.67. The maximum Gasteiger partial charge on any atom is 0.311 e. The Kier molecular flexibility index (Phi) is 4.30. The molecule has 1 heterocycles. The molecule has 27 heavy (non-hydrogen) atoms. The summed E-state index contributed by atoms with van der Waals surface area (Å²) < 4.78 is 11.1. The summed E-state index contributed by atoms with van der Waals surface area (Å²) in [5.41, 5.74) is 3.86. The van der Waals surface area contributed by atoms with Crippen molar-refractivity contribution >= 4 is 16.8 Å². The first-order chi connectivity index (χ1) is 13.2. The van der Waals surface area contributed by atoms with Crippen molar-refractivity contribution in [3.63, 3.8) is 0 Å². The SMILES string of the molecule is CCOc1ccc(-c2nc3cc(-c4ccccc4)ccc3o2)cc1[N+](=O)[O-]. The molecule has 0 saturated heterocycles. The largest absolute Gasteiger partial charge is 0.487 e. The quantitative estimate of drug-likeness (QED) is 0.348. The predicted molar refractivity (Wildman–Crippen MR) is 103 cm³/mol. The Bertz CT molecular complexity index is 1120. The van der Waals surface area contributed by atoms with Gasteiger partial charge in [-0.05, 0) is 42.3 Å².